The quantitative estimate of drug-likeness (QED) is 0.337. The highest BCUT2D eigenvalue weighted by atomic mass is 16.1. The van der Waals surface area contributed by atoms with Crippen molar-refractivity contribution >= 4 is 33.5 Å². The fraction of sp³-hybridized carbons (Fsp3) is 0.194. The smallest absolute Gasteiger partial charge is 0.251 e. The van der Waals surface area contributed by atoms with Crippen LogP contribution in [-0.4, -0.2) is 25.0 Å². The van der Waals surface area contributed by atoms with Crippen molar-refractivity contribution in [3.8, 4) is 0 Å². The lowest BCUT2D eigenvalue weighted by Gasteiger charge is -2.21. The highest BCUT2D eigenvalue weighted by molar-refractivity contribution is 6.01. The van der Waals surface area contributed by atoms with Gasteiger partial charge in [-0.05, 0) is 35.9 Å². The van der Waals surface area contributed by atoms with Gasteiger partial charge in [-0.2, -0.15) is 0 Å². The molecular formula is C31H29N5O. The first-order valence-corrected chi connectivity index (χ1v) is 12.5. The van der Waals surface area contributed by atoms with Crippen LogP contribution in [-0.2, 0) is 24.9 Å². The monoisotopic (exact) mass is 487 g/mol. The predicted octanol–water partition coefficient (Wildman–Crippen LogP) is 5.64. The number of rotatable bonds is 6. The van der Waals surface area contributed by atoms with Crippen LogP contribution < -0.4 is 5.32 Å². The number of aryl methyl sites for hydroxylation is 1. The molecule has 0 radical (unpaired) electrons. The van der Waals surface area contributed by atoms with Crippen LogP contribution in [0.15, 0.2) is 96.6 Å². The van der Waals surface area contributed by atoms with Crippen LogP contribution in [0.25, 0.3) is 27.6 Å². The molecule has 6 rings (SSSR count). The Morgan fingerprint density at radius 3 is 2.24 bits per heavy atom. The molecule has 0 bridgehead atoms. The molecule has 37 heavy (non-hydrogen) atoms. The number of hydrogen-bond acceptors (Lipinski definition) is 3. The number of fused-ring (bicyclic) bond motifs is 2. The summed E-state index contributed by atoms with van der Waals surface area (Å²) in [4.78, 5) is 23.0. The second-order valence-electron chi connectivity index (χ2n) is 10.1. The van der Waals surface area contributed by atoms with Crippen LogP contribution >= 0.6 is 0 Å². The molecule has 0 saturated heterocycles. The summed E-state index contributed by atoms with van der Waals surface area (Å²) < 4.78 is 4.28. The second-order valence-corrected chi connectivity index (χ2v) is 10.1. The summed E-state index contributed by atoms with van der Waals surface area (Å²) in [5.41, 5.74) is 6.55. The minimum Gasteiger partial charge on any atom is -0.345 e. The molecule has 0 saturated carbocycles. The zero-order valence-corrected chi connectivity index (χ0v) is 21.3. The summed E-state index contributed by atoms with van der Waals surface area (Å²) >= 11 is 0. The summed E-state index contributed by atoms with van der Waals surface area (Å²) in [5, 5.41) is 3.07. The topological polar surface area (TPSA) is 64.7 Å². The number of nitrogens with one attached hydrogen (secondary N) is 1. The fourth-order valence-corrected chi connectivity index (χ4v) is 5.16. The van der Waals surface area contributed by atoms with Gasteiger partial charge in [-0.3, -0.25) is 4.79 Å². The van der Waals surface area contributed by atoms with E-state index < -0.39 is 0 Å². The Bertz CT molecular complexity index is 1700. The van der Waals surface area contributed by atoms with Crippen molar-refractivity contribution in [1.82, 2.24) is 24.4 Å². The van der Waals surface area contributed by atoms with Crippen LogP contribution in [0.3, 0.4) is 0 Å². The first kappa shape index (κ1) is 23.0. The molecule has 1 amide bonds. The van der Waals surface area contributed by atoms with Crippen molar-refractivity contribution in [2.75, 3.05) is 0 Å². The SMILES string of the molecule is Cn1c(CNC(=O)C2=CC(C)(C)C(c3nc4ccccc4n3Cc3ccccc3)=C2)nc2ccccc21. The highest BCUT2D eigenvalue weighted by Gasteiger charge is 2.33. The van der Waals surface area contributed by atoms with Gasteiger partial charge in [0, 0.05) is 30.2 Å². The van der Waals surface area contributed by atoms with Crippen molar-refractivity contribution in [2.45, 2.75) is 26.9 Å². The van der Waals surface area contributed by atoms with Gasteiger partial charge in [0.1, 0.15) is 11.6 Å². The molecule has 5 aromatic rings. The first-order valence-electron chi connectivity index (χ1n) is 12.5. The van der Waals surface area contributed by atoms with E-state index in [0.717, 1.165) is 39.3 Å². The van der Waals surface area contributed by atoms with Gasteiger partial charge in [-0.1, -0.05) is 74.5 Å². The molecule has 6 heteroatoms. The van der Waals surface area contributed by atoms with E-state index in [1.807, 2.05) is 72.3 Å². The number of nitrogens with zero attached hydrogens (tertiary/aromatic N) is 4. The molecular weight excluding hydrogens is 458 g/mol. The van der Waals surface area contributed by atoms with Gasteiger partial charge in [0.15, 0.2) is 0 Å². The lowest BCUT2D eigenvalue weighted by molar-refractivity contribution is -0.117. The summed E-state index contributed by atoms with van der Waals surface area (Å²) in [6.45, 7) is 5.34. The van der Waals surface area contributed by atoms with Crippen molar-refractivity contribution < 1.29 is 4.79 Å². The molecule has 2 aromatic heterocycles. The van der Waals surface area contributed by atoms with Crippen LogP contribution in [0, 0.1) is 5.41 Å². The van der Waals surface area contributed by atoms with Gasteiger partial charge in [0.2, 0.25) is 0 Å². The maximum Gasteiger partial charge on any atom is 0.251 e. The third-order valence-electron chi connectivity index (χ3n) is 7.14. The largest absolute Gasteiger partial charge is 0.345 e. The number of aromatic nitrogens is 4. The number of allylic oxidation sites excluding steroid dienone is 2. The van der Waals surface area contributed by atoms with E-state index in [4.69, 9.17) is 4.98 Å². The molecule has 184 valence electrons. The number of amides is 1. The van der Waals surface area contributed by atoms with Crippen LogP contribution in [0.1, 0.15) is 31.1 Å². The third-order valence-corrected chi connectivity index (χ3v) is 7.14. The van der Waals surface area contributed by atoms with Crippen molar-refractivity contribution in [3.63, 3.8) is 0 Å². The average molecular weight is 488 g/mol. The van der Waals surface area contributed by atoms with E-state index in [9.17, 15) is 4.79 Å². The Balaban J connectivity index is 1.31. The Hall–Kier alpha value is -4.45. The van der Waals surface area contributed by atoms with Crippen LogP contribution in [0.4, 0.5) is 0 Å². The maximum absolute atomic E-state index is 13.3. The standard InChI is InChI=1S/C31H29N5O/c1-31(2)18-22(30(37)32-19-28-33-24-13-7-9-15-26(24)35(28)3)17-23(31)29-34-25-14-8-10-16-27(25)36(29)20-21-11-5-4-6-12-21/h4-18H,19-20H2,1-3H3,(H,32,37). The van der Waals surface area contributed by atoms with E-state index in [0.29, 0.717) is 18.7 Å². The van der Waals surface area contributed by atoms with Gasteiger partial charge in [-0.25, -0.2) is 9.97 Å². The number of carbonyl (C=O) groups is 1. The van der Waals surface area contributed by atoms with E-state index in [-0.39, 0.29) is 11.3 Å². The molecule has 0 fully saturated rings. The molecule has 0 aliphatic heterocycles. The Morgan fingerprint density at radius 1 is 0.865 bits per heavy atom. The molecule has 0 spiro atoms. The number of benzene rings is 3. The molecule has 0 atom stereocenters. The zero-order chi connectivity index (χ0) is 25.6. The van der Waals surface area contributed by atoms with Gasteiger partial charge >= 0.3 is 0 Å². The Morgan fingerprint density at radius 2 is 1.51 bits per heavy atom. The maximum atomic E-state index is 13.3. The second kappa shape index (κ2) is 8.89. The normalized spacial score (nSPS) is 14.7. The Kier molecular flexibility index (Phi) is 5.52. The predicted molar refractivity (Wildman–Crippen MR) is 148 cm³/mol. The lowest BCUT2D eigenvalue weighted by Crippen LogP contribution is -2.25. The molecule has 2 heterocycles. The number of hydrogen-bond donors (Lipinski definition) is 1. The zero-order valence-electron chi connectivity index (χ0n) is 21.3. The number of para-hydroxylation sites is 4. The highest BCUT2D eigenvalue weighted by Crippen LogP contribution is 2.43. The number of imidazole rings is 2. The van der Waals surface area contributed by atoms with Gasteiger partial charge < -0.3 is 14.5 Å². The van der Waals surface area contributed by atoms with Gasteiger partial charge in [0.25, 0.3) is 5.91 Å². The Labute approximate surface area is 216 Å². The molecule has 1 N–H and O–H groups in total. The molecule has 1 aliphatic rings. The molecule has 0 unspecified atom stereocenters. The van der Waals surface area contributed by atoms with Crippen LogP contribution in [0.5, 0.6) is 0 Å². The lowest BCUT2D eigenvalue weighted by atomic mass is 9.86. The summed E-state index contributed by atoms with van der Waals surface area (Å²) in [5.74, 6) is 1.60. The number of carbonyl (C=O) groups excluding carboxylic acids is 1. The minimum atomic E-state index is -0.347. The van der Waals surface area contributed by atoms with E-state index in [2.05, 4.69) is 59.0 Å². The minimum absolute atomic E-state index is 0.110. The van der Waals surface area contributed by atoms with E-state index in [1.54, 1.807) is 0 Å². The first-order chi connectivity index (χ1) is 17.9. The van der Waals surface area contributed by atoms with Gasteiger partial charge in [0.05, 0.1) is 28.6 Å². The van der Waals surface area contributed by atoms with E-state index >= 15 is 0 Å². The van der Waals surface area contributed by atoms with Crippen molar-refractivity contribution in [2.24, 2.45) is 12.5 Å². The molecule has 6 nitrogen and oxygen atoms in total. The summed E-state index contributed by atoms with van der Waals surface area (Å²) in [6, 6.07) is 26.6. The third kappa shape index (κ3) is 4.14. The molecule has 3 aromatic carbocycles. The van der Waals surface area contributed by atoms with E-state index in [1.165, 1.54) is 5.56 Å². The molecule has 1 aliphatic carbocycles. The summed E-state index contributed by atoms with van der Waals surface area (Å²) in [6.07, 6.45) is 4.03. The van der Waals surface area contributed by atoms with Crippen LogP contribution in [0.2, 0.25) is 0 Å². The fourth-order valence-electron chi connectivity index (χ4n) is 5.16. The average Bonchev–Trinajstić information content (AvgIpc) is 3.54. The van der Waals surface area contributed by atoms with Crippen molar-refractivity contribution in [1.29, 1.82) is 0 Å². The summed E-state index contributed by atoms with van der Waals surface area (Å²) in [7, 11) is 1.98. The van der Waals surface area contributed by atoms with Crippen molar-refractivity contribution in [3.05, 3.63) is 114 Å². The van der Waals surface area contributed by atoms with Gasteiger partial charge in [-0.15, -0.1) is 0 Å².